The predicted molar refractivity (Wildman–Crippen MR) is 116 cm³/mol. The lowest BCUT2D eigenvalue weighted by atomic mass is 10.1. The van der Waals surface area contributed by atoms with E-state index in [0.717, 1.165) is 30.3 Å². The lowest BCUT2D eigenvalue weighted by Crippen LogP contribution is -2.31. The van der Waals surface area contributed by atoms with E-state index in [2.05, 4.69) is 10.6 Å². The second-order valence-corrected chi connectivity index (χ2v) is 7.35. The highest BCUT2D eigenvalue weighted by atomic mass is 19.4. The first-order valence-corrected chi connectivity index (χ1v) is 10.1. The molecule has 5 nitrogen and oxygen atoms in total. The van der Waals surface area contributed by atoms with Gasteiger partial charge in [0.2, 0.25) is 0 Å². The number of alkyl halides is 6. The van der Waals surface area contributed by atoms with Crippen LogP contribution in [0.4, 0.5) is 37.7 Å². The number of ether oxygens (including phenoxy) is 1. The van der Waals surface area contributed by atoms with Crippen LogP contribution in [0, 0.1) is 0 Å². The van der Waals surface area contributed by atoms with Gasteiger partial charge >= 0.3 is 12.4 Å². The van der Waals surface area contributed by atoms with E-state index in [9.17, 15) is 35.9 Å². The minimum atomic E-state index is -4.65. The number of rotatable bonds is 6. The molecule has 0 aliphatic heterocycles. The maximum Gasteiger partial charge on any atom is 0.418 e. The zero-order chi connectivity index (χ0) is 25.8. The molecule has 0 aliphatic rings. The van der Waals surface area contributed by atoms with E-state index in [0.29, 0.717) is 0 Å². The van der Waals surface area contributed by atoms with Crippen LogP contribution >= 0.6 is 0 Å². The lowest BCUT2D eigenvalue weighted by molar-refractivity contribution is -0.138. The molecule has 1 atom stereocenters. The van der Waals surface area contributed by atoms with Crippen molar-refractivity contribution in [2.24, 2.45) is 0 Å². The van der Waals surface area contributed by atoms with Crippen LogP contribution in [0.3, 0.4) is 0 Å². The molecular weight excluding hydrogens is 478 g/mol. The first-order chi connectivity index (χ1) is 16.3. The molecule has 0 spiro atoms. The molecule has 3 rings (SSSR count). The SMILES string of the molecule is CC(Oc1ccc(C(=O)Nc2cccc(C(F)(F)F)c2)cc1)C(=O)Nc1ccccc1C(F)(F)F. The van der Waals surface area contributed by atoms with Crippen molar-refractivity contribution in [2.45, 2.75) is 25.4 Å². The number of para-hydroxylation sites is 1. The Morgan fingerprint density at radius 2 is 1.46 bits per heavy atom. The number of benzene rings is 3. The van der Waals surface area contributed by atoms with Crippen LogP contribution in [0.1, 0.15) is 28.4 Å². The van der Waals surface area contributed by atoms with Crippen LogP contribution < -0.4 is 15.4 Å². The molecule has 0 saturated heterocycles. The Kier molecular flexibility index (Phi) is 7.37. The summed E-state index contributed by atoms with van der Waals surface area (Å²) in [5.74, 6) is -1.36. The van der Waals surface area contributed by atoms with Gasteiger partial charge in [0.1, 0.15) is 5.75 Å². The molecule has 0 radical (unpaired) electrons. The molecule has 0 aliphatic carbocycles. The molecule has 0 fully saturated rings. The Bertz CT molecular complexity index is 1210. The van der Waals surface area contributed by atoms with Gasteiger partial charge in [-0.15, -0.1) is 0 Å². The number of hydrogen-bond donors (Lipinski definition) is 2. The fourth-order valence-corrected chi connectivity index (χ4v) is 2.99. The monoisotopic (exact) mass is 496 g/mol. The van der Waals surface area contributed by atoms with Gasteiger partial charge < -0.3 is 15.4 Å². The van der Waals surface area contributed by atoms with E-state index in [1.54, 1.807) is 0 Å². The number of nitrogens with one attached hydrogen (secondary N) is 2. The number of amides is 2. The van der Waals surface area contributed by atoms with Crippen LogP contribution in [0.15, 0.2) is 72.8 Å². The molecule has 2 N–H and O–H groups in total. The third-order valence-corrected chi connectivity index (χ3v) is 4.74. The van der Waals surface area contributed by atoms with Gasteiger partial charge in [-0.3, -0.25) is 9.59 Å². The highest BCUT2D eigenvalue weighted by Gasteiger charge is 2.34. The van der Waals surface area contributed by atoms with Crippen molar-refractivity contribution in [1.29, 1.82) is 0 Å². The molecule has 184 valence electrons. The Hall–Kier alpha value is -4.02. The van der Waals surface area contributed by atoms with E-state index in [1.807, 2.05) is 0 Å². The summed E-state index contributed by atoms with van der Waals surface area (Å²) < 4.78 is 83.2. The summed E-state index contributed by atoms with van der Waals surface area (Å²) in [4.78, 5) is 24.7. The summed E-state index contributed by atoms with van der Waals surface area (Å²) in [6, 6.07) is 14.0. The van der Waals surface area contributed by atoms with E-state index in [-0.39, 0.29) is 17.0 Å². The van der Waals surface area contributed by atoms with Gasteiger partial charge in [-0.1, -0.05) is 18.2 Å². The topological polar surface area (TPSA) is 67.4 Å². The van der Waals surface area contributed by atoms with Gasteiger partial charge in [0, 0.05) is 11.3 Å². The van der Waals surface area contributed by atoms with Crippen LogP contribution in [-0.4, -0.2) is 17.9 Å². The Labute approximate surface area is 195 Å². The van der Waals surface area contributed by atoms with E-state index in [4.69, 9.17) is 4.74 Å². The summed E-state index contributed by atoms with van der Waals surface area (Å²) >= 11 is 0. The molecule has 3 aromatic rings. The summed E-state index contributed by atoms with van der Waals surface area (Å²) in [6.07, 6.45) is -10.4. The zero-order valence-corrected chi connectivity index (χ0v) is 18.0. The van der Waals surface area contributed by atoms with Crippen molar-refractivity contribution in [3.63, 3.8) is 0 Å². The predicted octanol–water partition coefficient (Wildman–Crippen LogP) is 6.38. The fourth-order valence-electron chi connectivity index (χ4n) is 2.99. The minimum absolute atomic E-state index is 0.0467. The Balaban J connectivity index is 1.62. The second kappa shape index (κ2) is 10.1. The summed E-state index contributed by atoms with van der Waals surface area (Å²) in [7, 11) is 0. The van der Waals surface area contributed by atoms with Gasteiger partial charge in [-0.2, -0.15) is 26.3 Å². The number of anilines is 2. The van der Waals surface area contributed by atoms with E-state index < -0.39 is 47.1 Å². The molecule has 11 heteroatoms. The summed E-state index contributed by atoms with van der Waals surface area (Å²) in [5, 5.41) is 4.54. The van der Waals surface area contributed by atoms with Crippen LogP contribution in [0.2, 0.25) is 0 Å². The Morgan fingerprint density at radius 3 is 2.09 bits per heavy atom. The lowest BCUT2D eigenvalue weighted by Gasteiger charge is -2.17. The molecule has 3 aromatic carbocycles. The molecule has 2 amide bonds. The largest absolute Gasteiger partial charge is 0.481 e. The van der Waals surface area contributed by atoms with E-state index >= 15 is 0 Å². The van der Waals surface area contributed by atoms with Crippen molar-refractivity contribution in [3.8, 4) is 5.75 Å². The maximum atomic E-state index is 13.1. The normalized spacial score (nSPS) is 12.5. The third-order valence-electron chi connectivity index (χ3n) is 4.74. The standard InChI is InChI=1S/C24H18F6N2O3/c1-14(21(33)32-20-8-3-2-7-19(20)24(28,29)30)35-18-11-9-15(10-12-18)22(34)31-17-6-4-5-16(13-17)23(25,26)27/h2-14H,1H3,(H,31,34)(H,32,33). The zero-order valence-electron chi connectivity index (χ0n) is 18.0. The highest BCUT2D eigenvalue weighted by Crippen LogP contribution is 2.34. The Morgan fingerprint density at radius 1 is 0.800 bits per heavy atom. The molecule has 0 aromatic heterocycles. The van der Waals surface area contributed by atoms with Gasteiger partial charge in [0.15, 0.2) is 6.10 Å². The average molecular weight is 496 g/mol. The van der Waals surface area contributed by atoms with Crippen molar-refractivity contribution in [3.05, 3.63) is 89.5 Å². The van der Waals surface area contributed by atoms with Gasteiger partial charge in [-0.25, -0.2) is 0 Å². The number of halogens is 6. The first-order valence-electron chi connectivity index (χ1n) is 10.1. The highest BCUT2D eigenvalue weighted by molar-refractivity contribution is 6.04. The number of carbonyl (C=O) groups is 2. The summed E-state index contributed by atoms with van der Waals surface area (Å²) in [6.45, 7) is 1.33. The number of carbonyl (C=O) groups excluding carboxylic acids is 2. The molecule has 1 unspecified atom stereocenters. The van der Waals surface area contributed by atoms with Gasteiger partial charge in [0.05, 0.1) is 16.8 Å². The quantitative estimate of drug-likeness (QED) is 0.389. The minimum Gasteiger partial charge on any atom is -0.481 e. The molecule has 0 bridgehead atoms. The molecule has 0 saturated carbocycles. The average Bonchev–Trinajstić information content (AvgIpc) is 2.78. The van der Waals surface area contributed by atoms with E-state index in [1.165, 1.54) is 49.4 Å². The smallest absolute Gasteiger partial charge is 0.418 e. The third kappa shape index (κ3) is 6.75. The van der Waals surface area contributed by atoms with Crippen molar-refractivity contribution in [2.75, 3.05) is 10.6 Å². The second-order valence-electron chi connectivity index (χ2n) is 7.35. The van der Waals surface area contributed by atoms with Crippen LogP contribution in [0.5, 0.6) is 5.75 Å². The maximum absolute atomic E-state index is 13.1. The van der Waals surface area contributed by atoms with Gasteiger partial charge in [0.25, 0.3) is 11.8 Å². The molecule has 0 heterocycles. The molecule has 35 heavy (non-hydrogen) atoms. The summed E-state index contributed by atoms with van der Waals surface area (Å²) in [5.41, 5.74) is -2.27. The van der Waals surface area contributed by atoms with Crippen molar-refractivity contribution >= 4 is 23.2 Å². The van der Waals surface area contributed by atoms with Crippen LogP contribution in [-0.2, 0) is 17.1 Å². The number of hydrogen-bond acceptors (Lipinski definition) is 3. The van der Waals surface area contributed by atoms with Crippen molar-refractivity contribution < 1.29 is 40.7 Å². The van der Waals surface area contributed by atoms with Gasteiger partial charge in [-0.05, 0) is 61.5 Å². The van der Waals surface area contributed by atoms with Crippen molar-refractivity contribution in [1.82, 2.24) is 0 Å². The fraction of sp³-hybridized carbons (Fsp3) is 0.167. The molecular formula is C24H18F6N2O3. The first kappa shape index (κ1) is 25.6. The van der Waals surface area contributed by atoms with Crippen LogP contribution in [0.25, 0.3) is 0 Å².